The fraction of sp³-hybridized carbons (Fsp3) is 0.500. The van der Waals surface area contributed by atoms with Crippen LogP contribution in [0.25, 0.3) is 0 Å². The Balaban J connectivity index is 1.70. The molecule has 174 valence electrons. The fourth-order valence-corrected chi connectivity index (χ4v) is 3.40. The number of aryl methyl sites for hydroxylation is 1. The van der Waals surface area contributed by atoms with Crippen molar-refractivity contribution < 1.29 is 13.9 Å². The molecule has 3 N–H and O–H groups in total. The summed E-state index contributed by atoms with van der Waals surface area (Å²) in [5.74, 6) is -0.233. The van der Waals surface area contributed by atoms with Gasteiger partial charge in [0.25, 0.3) is 0 Å². The lowest BCUT2D eigenvalue weighted by Gasteiger charge is -2.27. The summed E-state index contributed by atoms with van der Waals surface area (Å²) >= 11 is 0. The van der Waals surface area contributed by atoms with Gasteiger partial charge in [-0.2, -0.15) is 5.10 Å². The lowest BCUT2D eigenvalue weighted by atomic mass is 10.1. The average Bonchev–Trinajstić information content (AvgIpc) is 3.23. The lowest BCUT2D eigenvalue weighted by molar-refractivity contribution is 0.204. The SMILES string of the molecule is C/C(=N\c1cc(F)c(OCCCN(C)C)cc1C)c1n[nH]cc1NC(=O)N1CCNCC1. The number of H-pyrrole nitrogens is 1. The number of piperazine rings is 1. The van der Waals surface area contributed by atoms with E-state index in [1.54, 1.807) is 24.1 Å². The first-order chi connectivity index (χ1) is 15.3. The standard InChI is InChI=1S/C22H32FN7O2/c1-15-12-20(32-11-5-8-29(3)4)17(23)13-18(15)26-16(2)21-19(14-25-28-21)27-22(31)30-9-6-24-7-10-30/h12-14,24H,5-11H2,1-4H3,(H,25,28)(H,27,31)/b26-16+. The third-order valence-corrected chi connectivity index (χ3v) is 5.17. The van der Waals surface area contributed by atoms with Crippen LogP contribution in [0.1, 0.15) is 24.6 Å². The minimum atomic E-state index is -0.457. The predicted molar refractivity (Wildman–Crippen MR) is 124 cm³/mol. The molecular formula is C22H32FN7O2. The molecule has 0 radical (unpaired) electrons. The van der Waals surface area contributed by atoms with Crippen LogP contribution >= 0.6 is 0 Å². The maximum Gasteiger partial charge on any atom is 0.322 e. The number of nitrogens with zero attached hydrogens (tertiary/aromatic N) is 4. The van der Waals surface area contributed by atoms with Crippen molar-refractivity contribution in [3.8, 4) is 5.75 Å². The van der Waals surface area contributed by atoms with Crippen molar-refractivity contribution in [3.63, 3.8) is 0 Å². The molecule has 0 bridgehead atoms. The van der Waals surface area contributed by atoms with Crippen molar-refractivity contribution in [2.24, 2.45) is 4.99 Å². The molecule has 9 nitrogen and oxygen atoms in total. The molecule has 2 aromatic rings. The number of rotatable bonds is 8. The molecule has 2 amide bonds. The molecule has 1 saturated heterocycles. The Bertz CT molecular complexity index is 952. The summed E-state index contributed by atoms with van der Waals surface area (Å²) in [4.78, 5) is 20.9. The molecule has 1 fully saturated rings. The van der Waals surface area contributed by atoms with Crippen LogP contribution in [0.2, 0.25) is 0 Å². The van der Waals surface area contributed by atoms with Crippen LogP contribution in [-0.4, -0.2) is 85.2 Å². The molecule has 1 aromatic heterocycles. The number of aliphatic imine (C=N–C) groups is 1. The summed E-state index contributed by atoms with van der Waals surface area (Å²) in [7, 11) is 3.97. The van der Waals surface area contributed by atoms with E-state index in [0.717, 1.165) is 31.6 Å². The van der Waals surface area contributed by atoms with Gasteiger partial charge < -0.3 is 25.2 Å². The summed E-state index contributed by atoms with van der Waals surface area (Å²) < 4.78 is 20.2. The summed E-state index contributed by atoms with van der Waals surface area (Å²) in [5, 5.41) is 13.1. The number of aromatic nitrogens is 2. The number of anilines is 1. The Labute approximate surface area is 188 Å². The number of carbonyl (C=O) groups is 1. The first kappa shape index (κ1) is 23.7. The Morgan fingerprint density at radius 3 is 2.81 bits per heavy atom. The number of halogens is 1. The second kappa shape index (κ2) is 11.1. The molecule has 0 saturated carbocycles. The van der Waals surface area contributed by atoms with Gasteiger partial charge in [0.15, 0.2) is 11.6 Å². The van der Waals surface area contributed by atoms with Crippen LogP contribution in [0.5, 0.6) is 5.75 Å². The van der Waals surface area contributed by atoms with E-state index in [1.807, 2.05) is 21.0 Å². The quantitative estimate of drug-likeness (QED) is 0.429. The number of carbonyl (C=O) groups excluding carboxylic acids is 1. The third kappa shape index (κ3) is 6.27. The van der Waals surface area contributed by atoms with Crippen LogP contribution in [0.4, 0.5) is 20.6 Å². The van der Waals surface area contributed by atoms with Gasteiger partial charge in [-0.25, -0.2) is 9.18 Å². The maximum absolute atomic E-state index is 14.6. The van der Waals surface area contributed by atoms with E-state index in [2.05, 4.69) is 30.7 Å². The van der Waals surface area contributed by atoms with Crippen LogP contribution in [0, 0.1) is 12.7 Å². The van der Waals surface area contributed by atoms with Gasteiger partial charge in [-0.3, -0.25) is 10.1 Å². The maximum atomic E-state index is 14.6. The van der Waals surface area contributed by atoms with Gasteiger partial charge in [-0.1, -0.05) is 0 Å². The molecule has 1 aliphatic heterocycles. The minimum absolute atomic E-state index is 0.181. The number of hydrogen-bond donors (Lipinski definition) is 3. The zero-order chi connectivity index (χ0) is 23.1. The Morgan fingerprint density at radius 2 is 2.09 bits per heavy atom. The molecule has 0 atom stereocenters. The molecule has 32 heavy (non-hydrogen) atoms. The molecule has 1 aliphatic rings. The van der Waals surface area contributed by atoms with Crippen molar-refractivity contribution in [2.45, 2.75) is 20.3 Å². The smallest absolute Gasteiger partial charge is 0.322 e. The van der Waals surface area contributed by atoms with E-state index in [9.17, 15) is 9.18 Å². The lowest BCUT2D eigenvalue weighted by Crippen LogP contribution is -2.48. The van der Waals surface area contributed by atoms with Crippen LogP contribution in [0.3, 0.4) is 0 Å². The third-order valence-electron chi connectivity index (χ3n) is 5.17. The van der Waals surface area contributed by atoms with E-state index < -0.39 is 5.82 Å². The van der Waals surface area contributed by atoms with Gasteiger partial charge in [0.1, 0.15) is 5.69 Å². The van der Waals surface area contributed by atoms with Crippen molar-refractivity contribution in [1.29, 1.82) is 0 Å². The summed E-state index contributed by atoms with van der Waals surface area (Å²) in [5.41, 5.74) is 2.88. The Kier molecular flexibility index (Phi) is 8.18. The molecule has 3 rings (SSSR count). The summed E-state index contributed by atoms with van der Waals surface area (Å²) in [6.07, 6.45) is 2.43. The number of urea groups is 1. The number of amides is 2. The molecule has 0 aliphatic carbocycles. The van der Waals surface area contributed by atoms with Crippen LogP contribution in [0.15, 0.2) is 23.3 Å². The van der Waals surface area contributed by atoms with E-state index in [-0.39, 0.29) is 11.8 Å². The first-order valence-electron chi connectivity index (χ1n) is 10.8. The van der Waals surface area contributed by atoms with Crippen molar-refractivity contribution in [2.75, 3.05) is 58.7 Å². The average molecular weight is 446 g/mol. The normalized spacial score (nSPS) is 14.7. The second-order valence-corrected chi connectivity index (χ2v) is 8.09. The van der Waals surface area contributed by atoms with Gasteiger partial charge in [0.2, 0.25) is 0 Å². The Hall–Kier alpha value is -2.98. The van der Waals surface area contributed by atoms with E-state index in [0.29, 0.717) is 42.5 Å². The molecule has 10 heteroatoms. The summed E-state index contributed by atoms with van der Waals surface area (Å²) in [6.45, 7) is 7.79. The van der Waals surface area contributed by atoms with Gasteiger partial charge in [0, 0.05) is 45.0 Å². The molecule has 2 heterocycles. The highest BCUT2D eigenvalue weighted by atomic mass is 19.1. The van der Waals surface area contributed by atoms with Crippen molar-refractivity contribution >= 4 is 23.1 Å². The van der Waals surface area contributed by atoms with Crippen LogP contribution < -0.4 is 15.4 Å². The molecular weight excluding hydrogens is 413 g/mol. The second-order valence-electron chi connectivity index (χ2n) is 8.09. The van der Waals surface area contributed by atoms with E-state index >= 15 is 0 Å². The van der Waals surface area contributed by atoms with Crippen molar-refractivity contribution in [1.82, 2.24) is 25.3 Å². The number of hydrogen-bond acceptors (Lipinski definition) is 6. The highest BCUT2D eigenvalue weighted by molar-refractivity contribution is 6.05. The Morgan fingerprint density at radius 1 is 1.34 bits per heavy atom. The largest absolute Gasteiger partial charge is 0.490 e. The van der Waals surface area contributed by atoms with Gasteiger partial charge in [0.05, 0.1) is 23.7 Å². The topological polar surface area (TPSA) is 97.9 Å². The zero-order valence-corrected chi connectivity index (χ0v) is 19.2. The predicted octanol–water partition coefficient (Wildman–Crippen LogP) is 2.77. The van der Waals surface area contributed by atoms with E-state index in [4.69, 9.17) is 4.74 Å². The highest BCUT2D eigenvalue weighted by Gasteiger charge is 2.19. The van der Waals surface area contributed by atoms with Crippen molar-refractivity contribution in [3.05, 3.63) is 35.4 Å². The minimum Gasteiger partial charge on any atom is -0.490 e. The molecule has 1 aromatic carbocycles. The number of nitrogens with one attached hydrogen (secondary N) is 3. The number of ether oxygens (including phenoxy) is 1. The molecule has 0 unspecified atom stereocenters. The highest BCUT2D eigenvalue weighted by Crippen LogP contribution is 2.29. The number of aromatic amines is 1. The fourth-order valence-electron chi connectivity index (χ4n) is 3.40. The monoisotopic (exact) mass is 445 g/mol. The summed E-state index contributed by atoms with van der Waals surface area (Å²) in [6, 6.07) is 2.85. The first-order valence-corrected chi connectivity index (χ1v) is 10.8. The van der Waals surface area contributed by atoms with E-state index in [1.165, 1.54) is 6.07 Å². The molecule has 0 spiro atoms. The number of benzene rings is 1. The van der Waals surface area contributed by atoms with Gasteiger partial charge in [-0.15, -0.1) is 0 Å². The zero-order valence-electron chi connectivity index (χ0n) is 19.2. The van der Waals surface area contributed by atoms with Gasteiger partial charge >= 0.3 is 6.03 Å². The van der Waals surface area contributed by atoms with Crippen LogP contribution in [-0.2, 0) is 0 Å². The van der Waals surface area contributed by atoms with Gasteiger partial charge in [-0.05, 0) is 46.0 Å².